The Morgan fingerprint density at radius 2 is 1.96 bits per heavy atom. The molecule has 2 aromatic rings. The molecule has 0 radical (unpaired) electrons. The lowest BCUT2D eigenvalue weighted by Crippen LogP contribution is -2.38. The second kappa shape index (κ2) is 11.7. The quantitative estimate of drug-likeness (QED) is 0.343. The molecule has 2 N–H and O–H groups in total. The largest absolute Gasteiger partial charge is 0.357 e. The Labute approximate surface area is 176 Å². The van der Waals surface area contributed by atoms with Crippen LogP contribution in [0.25, 0.3) is 0 Å². The van der Waals surface area contributed by atoms with Crippen LogP contribution in [0.3, 0.4) is 0 Å². The van der Waals surface area contributed by atoms with Crippen LogP contribution in [0, 0.1) is 13.8 Å². The van der Waals surface area contributed by atoms with Crippen LogP contribution in [0.2, 0.25) is 5.02 Å². The number of thiazole rings is 1. The first kappa shape index (κ1) is 22.2. The molecule has 0 amide bonds. The Hall–Kier alpha value is -0.860. The molecule has 0 saturated carbocycles. The van der Waals surface area contributed by atoms with Crippen molar-refractivity contribution in [1.29, 1.82) is 0 Å². The summed E-state index contributed by atoms with van der Waals surface area (Å²) >= 11 is 7.95. The second-order valence-electron chi connectivity index (χ2n) is 5.52. The van der Waals surface area contributed by atoms with Gasteiger partial charge in [0.25, 0.3) is 0 Å². The number of hydrogen-bond donors (Lipinski definition) is 2. The number of aryl methyl sites for hydroxylation is 2. The summed E-state index contributed by atoms with van der Waals surface area (Å²) in [6.45, 7) is 8.58. The molecule has 7 heteroatoms. The van der Waals surface area contributed by atoms with Crippen molar-refractivity contribution < 1.29 is 0 Å². The fourth-order valence-corrected chi connectivity index (χ4v) is 3.59. The summed E-state index contributed by atoms with van der Waals surface area (Å²) in [4.78, 5) is 10.4. The van der Waals surface area contributed by atoms with Crippen LogP contribution in [0.4, 0.5) is 0 Å². The predicted octanol–water partition coefficient (Wildman–Crippen LogP) is 4.37. The van der Waals surface area contributed by atoms with Crippen LogP contribution in [0.5, 0.6) is 0 Å². The maximum absolute atomic E-state index is 6.19. The summed E-state index contributed by atoms with van der Waals surface area (Å²) in [5.41, 5.74) is 2.28. The van der Waals surface area contributed by atoms with Gasteiger partial charge >= 0.3 is 0 Å². The number of nitrogens with one attached hydrogen (secondary N) is 2. The number of hydrogen-bond acceptors (Lipinski definition) is 3. The summed E-state index contributed by atoms with van der Waals surface area (Å²) in [7, 11) is 0. The zero-order chi connectivity index (χ0) is 17.4. The molecule has 0 aliphatic rings. The molecule has 2 rings (SSSR count). The SMILES string of the molecule is CCNC(=NCCc1sc(C)nc1C)NCCc1ccccc1Cl.I. The van der Waals surface area contributed by atoms with E-state index in [0.717, 1.165) is 59.7 Å². The van der Waals surface area contributed by atoms with Crippen molar-refractivity contribution in [3.05, 3.63) is 50.4 Å². The van der Waals surface area contributed by atoms with Gasteiger partial charge in [-0.1, -0.05) is 29.8 Å². The normalized spacial score (nSPS) is 11.1. The van der Waals surface area contributed by atoms with Crippen molar-refractivity contribution in [2.24, 2.45) is 4.99 Å². The lowest BCUT2D eigenvalue weighted by molar-refractivity contribution is 0.797. The van der Waals surface area contributed by atoms with Gasteiger partial charge < -0.3 is 10.6 Å². The van der Waals surface area contributed by atoms with E-state index in [1.54, 1.807) is 11.3 Å². The molecule has 1 aromatic carbocycles. The van der Waals surface area contributed by atoms with E-state index in [-0.39, 0.29) is 24.0 Å². The third-order valence-electron chi connectivity index (χ3n) is 3.60. The molecule has 0 saturated heterocycles. The molecule has 138 valence electrons. The number of nitrogens with zero attached hydrogens (tertiary/aromatic N) is 2. The van der Waals surface area contributed by atoms with E-state index < -0.39 is 0 Å². The number of halogens is 2. The summed E-state index contributed by atoms with van der Waals surface area (Å²) in [5.74, 6) is 0.850. The standard InChI is InChI=1S/C18H25ClN4S.HI/c1-4-20-18(21-11-9-15-7-5-6-8-16(15)19)22-12-10-17-13(2)23-14(3)24-17;/h5-8H,4,9-12H2,1-3H3,(H2,20,21,22);1H. The molecule has 0 fully saturated rings. The second-order valence-corrected chi connectivity index (χ2v) is 7.22. The van der Waals surface area contributed by atoms with Crippen molar-refractivity contribution in [3.8, 4) is 0 Å². The van der Waals surface area contributed by atoms with Crippen LogP contribution < -0.4 is 10.6 Å². The van der Waals surface area contributed by atoms with Gasteiger partial charge in [-0.05, 0) is 38.8 Å². The fraction of sp³-hybridized carbons (Fsp3) is 0.444. The molecule has 0 aliphatic carbocycles. The van der Waals surface area contributed by atoms with Gasteiger partial charge in [-0.2, -0.15) is 0 Å². The van der Waals surface area contributed by atoms with Crippen molar-refractivity contribution in [2.75, 3.05) is 19.6 Å². The minimum Gasteiger partial charge on any atom is -0.357 e. The van der Waals surface area contributed by atoms with Gasteiger partial charge in [0.15, 0.2) is 5.96 Å². The Morgan fingerprint density at radius 3 is 2.60 bits per heavy atom. The number of guanidine groups is 1. The highest BCUT2D eigenvalue weighted by atomic mass is 127. The highest BCUT2D eigenvalue weighted by Gasteiger charge is 2.05. The molecule has 1 heterocycles. The van der Waals surface area contributed by atoms with E-state index in [0.29, 0.717) is 0 Å². The first-order valence-corrected chi connectivity index (χ1v) is 9.48. The van der Waals surface area contributed by atoms with Gasteiger partial charge in [0.1, 0.15) is 0 Å². The summed E-state index contributed by atoms with van der Waals surface area (Å²) in [5, 5.41) is 8.59. The molecule has 1 aromatic heterocycles. The Morgan fingerprint density at radius 1 is 1.20 bits per heavy atom. The van der Waals surface area contributed by atoms with Gasteiger partial charge in [-0.25, -0.2) is 4.98 Å². The highest BCUT2D eigenvalue weighted by molar-refractivity contribution is 14.0. The Balaban J connectivity index is 0.00000312. The maximum Gasteiger partial charge on any atom is 0.191 e. The first-order chi connectivity index (χ1) is 11.6. The van der Waals surface area contributed by atoms with E-state index in [2.05, 4.69) is 40.5 Å². The van der Waals surface area contributed by atoms with Gasteiger partial charge in [0.2, 0.25) is 0 Å². The first-order valence-electron chi connectivity index (χ1n) is 8.28. The molecule has 25 heavy (non-hydrogen) atoms. The monoisotopic (exact) mass is 492 g/mol. The zero-order valence-electron chi connectivity index (χ0n) is 14.9. The number of aliphatic imine (C=N–C) groups is 1. The van der Waals surface area contributed by atoms with E-state index in [4.69, 9.17) is 11.6 Å². The van der Waals surface area contributed by atoms with Gasteiger partial charge in [-0.3, -0.25) is 4.99 Å². The average molecular weight is 493 g/mol. The van der Waals surface area contributed by atoms with Crippen molar-refractivity contribution >= 4 is 52.9 Å². The van der Waals surface area contributed by atoms with Gasteiger partial charge in [0, 0.05) is 36.0 Å². The van der Waals surface area contributed by atoms with Crippen LogP contribution in [-0.4, -0.2) is 30.6 Å². The van der Waals surface area contributed by atoms with Crippen molar-refractivity contribution in [1.82, 2.24) is 15.6 Å². The molecule has 0 atom stereocenters. The van der Waals surface area contributed by atoms with E-state index in [1.807, 2.05) is 25.1 Å². The smallest absolute Gasteiger partial charge is 0.191 e. The summed E-state index contributed by atoms with van der Waals surface area (Å²) in [6.07, 6.45) is 1.80. The van der Waals surface area contributed by atoms with Crippen LogP contribution in [0.1, 0.15) is 28.1 Å². The summed E-state index contributed by atoms with van der Waals surface area (Å²) < 4.78 is 0. The third-order valence-corrected chi connectivity index (χ3v) is 5.10. The van der Waals surface area contributed by atoms with E-state index in [9.17, 15) is 0 Å². The third kappa shape index (κ3) is 7.50. The molecule has 4 nitrogen and oxygen atoms in total. The number of aromatic nitrogens is 1. The van der Waals surface area contributed by atoms with E-state index in [1.165, 1.54) is 4.88 Å². The van der Waals surface area contributed by atoms with Crippen LogP contribution in [0.15, 0.2) is 29.3 Å². The molecule has 0 spiro atoms. The van der Waals surface area contributed by atoms with Crippen LogP contribution in [-0.2, 0) is 12.8 Å². The number of benzene rings is 1. The molecule has 0 aliphatic heterocycles. The minimum absolute atomic E-state index is 0. The predicted molar refractivity (Wildman–Crippen MR) is 120 cm³/mol. The summed E-state index contributed by atoms with van der Waals surface area (Å²) in [6, 6.07) is 7.95. The lowest BCUT2D eigenvalue weighted by Gasteiger charge is -2.11. The molecule has 0 unspecified atom stereocenters. The lowest BCUT2D eigenvalue weighted by atomic mass is 10.1. The van der Waals surface area contributed by atoms with Crippen molar-refractivity contribution in [3.63, 3.8) is 0 Å². The Kier molecular flexibility index (Phi) is 10.4. The Bertz CT molecular complexity index is 687. The fourth-order valence-electron chi connectivity index (χ4n) is 2.43. The average Bonchev–Trinajstić information content (AvgIpc) is 2.87. The number of rotatable bonds is 7. The molecule has 0 bridgehead atoms. The van der Waals surface area contributed by atoms with Crippen LogP contribution >= 0.6 is 46.9 Å². The van der Waals surface area contributed by atoms with Crippen molar-refractivity contribution in [2.45, 2.75) is 33.6 Å². The highest BCUT2D eigenvalue weighted by Crippen LogP contribution is 2.17. The zero-order valence-corrected chi connectivity index (χ0v) is 18.8. The topological polar surface area (TPSA) is 49.3 Å². The minimum atomic E-state index is 0. The van der Waals surface area contributed by atoms with E-state index >= 15 is 0 Å². The van der Waals surface area contributed by atoms with Gasteiger partial charge in [-0.15, -0.1) is 35.3 Å². The molecular weight excluding hydrogens is 467 g/mol. The maximum atomic E-state index is 6.19. The molecular formula is C18H26ClIN4S. The van der Waals surface area contributed by atoms with Gasteiger partial charge in [0.05, 0.1) is 10.7 Å².